The smallest absolute Gasteiger partial charge is 0.210 e. The summed E-state index contributed by atoms with van der Waals surface area (Å²) in [6.45, 7) is 6.91. The lowest BCUT2D eigenvalue weighted by Gasteiger charge is -2.17. The summed E-state index contributed by atoms with van der Waals surface area (Å²) in [5.41, 5.74) is 2.15. The van der Waals surface area contributed by atoms with Gasteiger partial charge in [0.1, 0.15) is 0 Å². The first-order valence-electron chi connectivity index (χ1n) is 5.97. The molecule has 0 spiro atoms. The Kier molecular flexibility index (Phi) is 6.26. The average Bonchev–Trinajstić information content (AvgIpc) is 2.43. The van der Waals surface area contributed by atoms with E-state index in [9.17, 15) is 4.79 Å². The summed E-state index contributed by atoms with van der Waals surface area (Å²) in [5.74, 6) is 0. The number of amides is 1. The van der Waals surface area contributed by atoms with Gasteiger partial charge in [-0.05, 0) is 18.1 Å². The molecule has 0 aliphatic rings. The summed E-state index contributed by atoms with van der Waals surface area (Å²) in [5, 5.41) is 0. The minimum atomic E-state index is 0.576. The van der Waals surface area contributed by atoms with Crippen molar-refractivity contribution in [1.29, 1.82) is 0 Å². The molecule has 0 saturated heterocycles. The van der Waals surface area contributed by atoms with Crippen molar-refractivity contribution in [3.8, 4) is 0 Å². The summed E-state index contributed by atoms with van der Waals surface area (Å²) < 4.78 is 0. The first kappa shape index (κ1) is 14.0. The molecule has 1 rings (SSSR count). The highest BCUT2D eigenvalue weighted by Gasteiger charge is 2.03. The van der Waals surface area contributed by atoms with Gasteiger partial charge in [0.2, 0.25) is 6.41 Å². The molecule has 2 heteroatoms. The van der Waals surface area contributed by atoms with Crippen LogP contribution in [0.3, 0.4) is 0 Å². The molecule has 1 aromatic carbocycles. The lowest BCUT2D eigenvalue weighted by Crippen LogP contribution is -2.23. The molecule has 1 aromatic rings. The largest absolute Gasteiger partial charge is 0.337 e. The third kappa shape index (κ3) is 4.83. The topological polar surface area (TPSA) is 20.3 Å². The summed E-state index contributed by atoms with van der Waals surface area (Å²) in [6, 6.07) is 9.94. The Labute approximate surface area is 109 Å². The monoisotopic (exact) mass is 241 g/mol. The fourth-order valence-electron chi connectivity index (χ4n) is 1.59. The van der Waals surface area contributed by atoms with Crippen LogP contribution in [0.1, 0.15) is 12.5 Å². The molecule has 0 aromatic heterocycles. The maximum absolute atomic E-state index is 11.1. The molecular weight excluding hydrogens is 222 g/mol. The van der Waals surface area contributed by atoms with Gasteiger partial charge in [0, 0.05) is 13.1 Å². The maximum Gasteiger partial charge on any atom is 0.210 e. The van der Waals surface area contributed by atoms with Gasteiger partial charge in [-0.15, -0.1) is 0 Å². The van der Waals surface area contributed by atoms with Crippen LogP contribution in [0, 0.1) is 0 Å². The molecule has 0 unspecified atom stereocenters. The SMILES string of the molecule is C=C/C(=C\C=C/C)CN(C=O)Cc1ccccc1. The Hall–Kier alpha value is -2.09. The number of hydrogen-bond donors (Lipinski definition) is 0. The summed E-state index contributed by atoms with van der Waals surface area (Å²) in [6.07, 6.45) is 8.52. The van der Waals surface area contributed by atoms with Crippen molar-refractivity contribution in [1.82, 2.24) is 4.90 Å². The molecule has 0 fully saturated rings. The first-order valence-corrected chi connectivity index (χ1v) is 5.97. The molecule has 0 atom stereocenters. The quantitative estimate of drug-likeness (QED) is 0.529. The van der Waals surface area contributed by atoms with Crippen LogP contribution in [0.4, 0.5) is 0 Å². The van der Waals surface area contributed by atoms with E-state index >= 15 is 0 Å². The molecule has 0 heterocycles. The number of allylic oxidation sites excluding steroid dienone is 3. The second-order valence-corrected chi connectivity index (χ2v) is 3.97. The van der Waals surface area contributed by atoms with E-state index in [-0.39, 0.29) is 0 Å². The average molecular weight is 241 g/mol. The molecule has 2 nitrogen and oxygen atoms in total. The Balaban J connectivity index is 2.67. The number of rotatable bonds is 7. The van der Waals surface area contributed by atoms with Crippen molar-refractivity contribution in [3.63, 3.8) is 0 Å². The zero-order valence-electron chi connectivity index (χ0n) is 10.8. The Bertz CT molecular complexity index is 432. The second kappa shape index (κ2) is 8.07. The highest BCUT2D eigenvalue weighted by Crippen LogP contribution is 2.06. The molecule has 18 heavy (non-hydrogen) atoms. The summed E-state index contributed by atoms with van der Waals surface area (Å²) >= 11 is 0. The number of carbonyl (C=O) groups excluding carboxylic acids is 1. The molecule has 0 radical (unpaired) electrons. The molecular formula is C16H19NO. The molecule has 0 aliphatic carbocycles. The Morgan fingerprint density at radius 1 is 1.33 bits per heavy atom. The van der Waals surface area contributed by atoms with Crippen molar-refractivity contribution in [2.45, 2.75) is 13.5 Å². The van der Waals surface area contributed by atoms with Crippen LogP contribution in [0.25, 0.3) is 0 Å². The zero-order valence-corrected chi connectivity index (χ0v) is 10.8. The highest BCUT2D eigenvalue weighted by molar-refractivity contribution is 5.49. The van der Waals surface area contributed by atoms with E-state index < -0.39 is 0 Å². The molecule has 0 N–H and O–H groups in total. The van der Waals surface area contributed by atoms with Gasteiger partial charge in [0.15, 0.2) is 0 Å². The van der Waals surface area contributed by atoms with Crippen LogP contribution < -0.4 is 0 Å². The standard InChI is InChI=1S/C16H19NO/c1-3-5-9-15(4-2)12-17(14-18)13-16-10-7-6-8-11-16/h3-11,14H,2,12-13H2,1H3/b5-3-,15-9+. The van der Waals surface area contributed by atoms with E-state index in [4.69, 9.17) is 0 Å². The van der Waals surface area contributed by atoms with Crippen LogP contribution in [-0.2, 0) is 11.3 Å². The van der Waals surface area contributed by atoms with Gasteiger partial charge in [-0.3, -0.25) is 4.79 Å². The van der Waals surface area contributed by atoms with E-state index in [0.29, 0.717) is 13.1 Å². The van der Waals surface area contributed by atoms with Crippen LogP contribution in [-0.4, -0.2) is 17.9 Å². The number of hydrogen-bond acceptors (Lipinski definition) is 1. The third-order valence-electron chi connectivity index (χ3n) is 2.53. The van der Waals surface area contributed by atoms with Crippen molar-refractivity contribution in [2.24, 2.45) is 0 Å². The predicted octanol–water partition coefficient (Wildman–Crippen LogP) is 3.33. The fraction of sp³-hybridized carbons (Fsp3) is 0.188. The normalized spacial score (nSPS) is 11.5. The van der Waals surface area contributed by atoms with E-state index in [1.165, 1.54) is 0 Å². The van der Waals surface area contributed by atoms with Crippen molar-refractivity contribution >= 4 is 6.41 Å². The maximum atomic E-state index is 11.1. The molecule has 94 valence electrons. The lowest BCUT2D eigenvalue weighted by molar-refractivity contribution is -0.118. The fourth-order valence-corrected chi connectivity index (χ4v) is 1.59. The Morgan fingerprint density at radius 2 is 2.06 bits per heavy atom. The minimum Gasteiger partial charge on any atom is -0.337 e. The minimum absolute atomic E-state index is 0.576. The molecule has 0 bridgehead atoms. The molecule has 1 amide bonds. The van der Waals surface area contributed by atoms with E-state index in [2.05, 4.69) is 6.58 Å². The van der Waals surface area contributed by atoms with Gasteiger partial charge < -0.3 is 4.90 Å². The first-order chi connectivity index (χ1) is 8.80. The van der Waals surface area contributed by atoms with E-state index in [1.807, 2.05) is 55.5 Å². The molecule has 0 aliphatic heterocycles. The van der Waals surface area contributed by atoms with Gasteiger partial charge in [0.05, 0.1) is 0 Å². The Morgan fingerprint density at radius 3 is 2.61 bits per heavy atom. The highest BCUT2D eigenvalue weighted by atomic mass is 16.1. The van der Waals surface area contributed by atoms with Gasteiger partial charge in [-0.2, -0.15) is 0 Å². The third-order valence-corrected chi connectivity index (χ3v) is 2.53. The summed E-state index contributed by atoms with van der Waals surface area (Å²) in [4.78, 5) is 12.8. The summed E-state index contributed by atoms with van der Waals surface area (Å²) in [7, 11) is 0. The van der Waals surface area contributed by atoms with Gasteiger partial charge in [0.25, 0.3) is 0 Å². The van der Waals surface area contributed by atoms with Gasteiger partial charge in [-0.25, -0.2) is 0 Å². The predicted molar refractivity (Wildman–Crippen MR) is 76.0 cm³/mol. The van der Waals surface area contributed by atoms with Crippen LogP contribution in [0.5, 0.6) is 0 Å². The molecule has 0 saturated carbocycles. The number of benzene rings is 1. The van der Waals surface area contributed by atoms with Crippen LogP contribution in [0.15, 0.2) is 66.8 Å². The van der Waals surface area contributed by atoms with Gasteiger partial charge in [-0.1, -0.05) is 61.2 Å². The van der Waals surface area contributed by atoms with Crippen molar-refractivity contribution < 1.29 is 4.79 Å². The van der Waals surface area contributed by atoms with Crippen LogP contribution >= 0.6 is 0 Å². The lowest BCUT2D eigenvalue weighted by atomic mass is 10.2. The zero-order chi connectivity index (χ0) is 13.2. The van der Waals surface area contributed by atoms with Crippen LogP contribution in [0.2, 0.25) is 0 Å². The van der Waals surface area contributed by atoms with Gasteiger partial charge >= 0.3 is 0 Å². The van der Waals surface area contributed by atoms with E-state index in [0.717, 1.165) is 17.5 Å². The number of carbonyl (C=O) groups is 1. The van der Waals surface area contributed by atoms with E-state index in [1.54, 1.807) is 11.0 Å². The number of nitrogens with zero attached hydrogens (tertiary/aromatic N) is 1. The second-order valence-electron chi connectivity index (χ2n) is 3.97. The van der Waals surface area contributed by atoms with Crippen molar-refractivity contribution in [3.05, 3.63) is 72.4 Å². The van der Waals surface area contributed by atoms with Crippen molar-refractivity contribution in [2.75, 3.05) is 6.54 Å².